The monoisotopic (exact) mass is 560 g/mol. The van der Waals surface area contributed by atoms with Gasteiger partial charge in [-0.3, -0.25) is 15.3 Å². The zero-order valence-electron chi connectivity index (χ0n) is 23.7. The van der Waals surface area contributed by atoms with E-state index in [4.69, 9.17) is 4.74 Å². The van der Waals surface area contributed by atoms with Crippen LogP contribution >= 0.6 is 0 Å². The lowest BCUT2D eigenvalue weighted by molar-refractivity contribution is -0.159. The van der Waals surface area contributed by atoms with Crippen LogP contribution in [0.2, 0.25) is 0 Å². The van der Waals surface area contributed by atoms with E-state index >= 15 is 0 Å². The summed E-state index contributed by atoms with van der Waals surface area (Å²) in [6.45, 7) is 0.462. The van der Waals surface area contributed by atoms with Gasteiger partial charge in [-0.15, -0.1) is 0 Å². The molecule has 0 fully saturated rings. The Hall–Kier alpha value is -4.17. The molecule has 0 atom stereocenters. The van der Waals surface area contributed by atoms with Crippen LogP contribution in [0.15, 0.2) is 78.9 Å². The molecule has 0 aliphatic rings. The molecule has 0 aliphatic carbocycles. The number of hydroxylamine groups is 2. The Labute approximate surface area is 241 Å². The van der Waals surface area contributed by atoms with Crippen molar-refractivity contribution in [2.45, 2.75) is 64.4 Å². The topological polar surface area (TPSA) is 105 Å². The van der Waals surface area contributed by atoms with E-state index in [1.54, 1.807) is 0 Å². The number of aryl methyl sites for hydroxylation is 1. The zero-order chi connectivity index (χ0) is 29.3. The number of rotatable bonds is 16. The number of benzene rings is 3. The number of carbonyl (C=O) groups is 3. The first-order valence-electron chi connectivity index (χ1n) is 14.2. The summed E-state index contributed by atoms with van der Waals surface area (Å²) in [7, 11) is 1.23. The number of unbranched alkanes of at least 4 members (excludes halogenated alkanes) is 7. The summed E-state index contributed by atoms with van der Waals surface area (Å²) >= 11 is 0. The Bertz CT molecular complexity index is 1280. The van der Waals surface area contributed by atoms with Gasteiger partial charge in [-0.2, -0.15) is 0 Å². The maximum Gasteiger partial charge on any atom is 0.411 e. The molecular formula is C33H40N2O6. The number of hydrogen-bond acceptors (Lipinski definition) is 6. The highest BCUT2D eigenvalue weighted by atomic mass is 16.5. The number of hydrogen-bond donors (Lipinski definition) is 2. The fraction of sp³-hybridized carbons (Fsp3) is 0.364. The summed E-state index contributed by atoms with van der Waals surface area (Å²) in [4.78, 5) is 35.0. The lowest BCUT2D eigenvalue weighted by atomic mass is 10.0. The number of esters is 1. The molecule has 2 N–H and O–H groups in total. The molecule has 0 spiro atoms. The highest BCUT2D eigenvalue weighted by Gasteiger charge is 2.08. The number of anilines is 1. The molecule has 0 radical (unpaired) electrons. The smallest absolute Gasteiger partial charge is 0.411 e. The van der Waals surface area contributed by atoms with Gasteiger partial charge in [0, 0.05) is 24.1 Å². The zero-order valence-corrected chi connectivity index (χ0v) is 23.7. The third-order valence-electron chi connectivity index (χ3n) is 6.82. The van der Waals surface area contributed by atoms with Crippen LogP contribution in [0.3, 0.4) is 0 Å². The second-order valence-corrected chi connectivity index (χ2v) is 9.94. The third-order valence-corrected chi connectivity index (χ3v) is 6.82. The maximum absolute atomic E-state index is 12.3. The van der Waals surface area contributed by atoms with Crippen molar-refractivity contribution in [2.24, 2.45) is 0 Å². The quantitative estimate of drug-likeness (QED) is 0.0631. The fourth-order valence-electron chi connectivity index (χ4n) is 4.49. The van der Waals surface area contributed by atoms with E-state index in [1.165, 1.54) is 31.9 Å². The van der Waals surface area contributed by atoms with Crippen LogP contribution in [-0.2, 0) is 32.1 Å². The van der Waals surface area contributed by atoms with Crippen LogP contribution in [0.1, 0.15) is 62.5 Å². The van der Waals surface area contributed by atoms with Crippen molar-refractivity contribution in [3.8, 4) is 0 Å². The van der Waals surface area contributed by atoms with Gasteiger partial charge >= 0.3 is 12.1 Å². The average molecular weight is 561 g/mol. The van der Waals surface area contributed by atoms with Gasteiger partial charge in [-0.25, -0.2) is 14.7 Å². The molecule has 0 bridgehead atoms. The Morgan fingerprint density at radius 3 is 2.15 bits per heavy atom. The molecule has 3 aromatic carbocycles. The van der Waals surface area contributed by atoms with Crippen LogP contribution in [0.25, 0.3) is 10.8 Å². The molecule has 0 aliphatic heterocycles. The van der Waals surface area contributed by atoms with E-state index in [0.717, 1.165) is 66.3 Å². The van der Waals surface area contributed by atoms with Gasteiger partial charge < -0.3 is 9.47 Å². The van der Waals surface area contributed by atoms with Gasteiger partial charge in [0.25, 0.3) is 5.91 Å². The number of ether oxygens (including phenoxy) is 2. The van der Waals surface area contributed by atoms with Crippen LogP contribution in [0.5, 0.6) is 0 Å². The summed E-state index contributed by atoms with van der Waals surface area (Å²) in [6.07, 6.45) is 11.0. The number of amides is 2. The van der Waals surface area contributed by atoms with E-state index in [2.05, 4.69) is 22.2 Å². The van der Waals surface area contributed by atoms with Crippen molar-refractivity contribution in [2.75, 3.05) is 19.0 Å². The Morgan fingerprint density at radius 1 is 0.780 bits per heavy atom. The van der Waals surface area contributed by atoms with E-state index < -0.39 is 18.0 Å². The number of nitrogens with zero attached hydrogens (tertiary/aromatic N) is 1. The molecular weight excluding hydrogens is 520 g/mol. The largest absolute Gasteiger partial charge is 0.466 e. The van der Waals surface area contributed by atoms with Crippen LogP contribution < -0.4 is 5.32 Å². The molecule has 0 heterocycles. The van der Waals surface area contributed by atoms with Gasteiger partial charge in [0.05, 0.1) is 12.8 Å². The van der Waals surface area contributed by atoms with Crippen molar-refractivity contribution in [1.29, 1.82) is 0 Å². The summed E-state index contributed by atoms with van der Waals surface area (Å²) in [6, 6.07) is 21.9. The van der Waals surface area contributed by atoms with Gasteiger partial charge in [0.2, 0.25) is 0 Å². The summed E-state index contributed by atoms with van der Waals surface area (Å²) in [5.41, 5.74) is 2.96. The predicted octanol–water partition coefficient (Wildman–Crippen LogP) is 7.20. The van der Waals surface area contributed by atoms with Crippen LogP contribution in [-0.4, -0.2) is 41.9 Å². The molecule has 218 valence electrons. The Balaban J connectivity index is 1.21. The highest BCUT2D eigenvalue weighted by molar-refractivity contribution is 6.00. The fourth-order valence-corrected chi connectivity index (χ4v) is 4.49. The first-order valence-corrected chi connectivity index (χ1v) is 14.2. The Morgan fingerprint density at radius 2 is 1.41 bits per heavy atom. The molecule has 3 aromatic rings. The molecule has 8 heteroatoms. The van der Waals surface area contributed by atoms with E-state index in [1.807, 2.05) is 54.6 Å². The van der Waals surface area contributed by atoms with E-state index in [0.29, 0.717) is 11.5 Å². The first kappa shape index (κ1) is 31.4. The molecule has 0 saturated heterocycles. The first-order chi connectivity index (χ1) is 20.0. The lowest BCUT2D eigenvalue weighted by Gasteiger charge is -2.12. The Kier molecular flexibility index (Phi) is 13.4. The summed E-state index contributed by atoms with van der Waals surface area (Å²) in [5, 5.41) is 15.2. The van der Waals surface area contributed by atoms with Gasteiger partial charge in [-0.05, 0) is 41.8 Å². The maximum atomic E-state index is 12.3. The normalized spacial score (nSPS) is 11.0. The van der Waals surface area contributed by atoms with Crippen molar-refractivity contribution in [1.82, 2.24) is 5.06 Å². The minimum absolute atomic E-state index is 0.218. The standard InChI is InChI=1S/C33H40N2O6/c1-40-32(37)23-22-31(36)35(39)24-11-7-5-3-2-4-6-8-13-26-18-20-27(21-19-26)25-41-33(38)34-30-17-12-15-28-14-9-10-16-29(28)30/h9-10,12,14-23,39H,2-8,11,13,24-25H2,1H3,(H,34,38)/b23-22+. The molecule has 3 rings (SSSR count). The summed E-state index contributed by atoms with van der Waals surface area (Å²) < 4.78 is 9.84. The van der Waals surface area contributed by atoms with Crippen molar-refractivity contribution in [3.05, 3.63) is 90.0 Å². The van der Waals surface area contributed by atoms with E-state index in [-0.39, 0.29) is 13.2 Å². The van der Waals surface area contributed by atoms with Crippen molar-refractivity contribution in [3.63, 3.8) is 0 Å². The third kappa shape index (κ3) is 11.5. The van der Waals surface area contributed by atoms with Crippen LogP contribution in [0, 0.1) is 0 Å². The second-order valence-electron chi connectivity index (χ2n) is 9.94. The lowest BCUT2D eigenvalue weighted by Crippen LogP contribution is -2.26. The molecule has 2 amide bonds. The van der Waals surface area contributed by atoms with Gasteiger partial charge in [-0.1, -0.05) is 99.2 Å². The number of methoxy groups -OCH3 is 1. The van der Waals surface area contributed by atoms with Gasteiger partial charge in [0.1, 0.15) is 6.61 Å². The average Bonchev–Trinajstić information content (AvgIpc) is 3.00. The summed E-state index contributed by atoms with van der Waals surface area (Å²) in [5.74, 6) is -1.26. The number of carbonyl (C=O) groups excluding carboxylic acids is 3. The van der Waals surface area contributed by atoms with Crippen molar-refractivity contribution < 1.29 is 29.1 Å². The highest BCUT2D eigenvalue weighted by Crippen LogP contribution is 2.23. The molecule has 0 saturated carbocycles. The minimum Gasteiger partial charge on any atom is -0.466 e. The second kappa shape index (κ2) is 17.5. The SMILES string of the molecule is COC(=O)/C=C/C(=O)N(O)CCCCCCCCCCc1ccc(COC(=O)Nc2cccc3ccccc23)cc1. The van der Waals surface area contributed by atoms with E-state index in [9.17, 15) is 19.6 Å². The van der Waals surface area contributed by atoms with Crippen molar-refractivity contribution >= 4 is 34.4 Å². The predicted molar refractivity (Wildman–Crippen MR) is 159 cm³/mol. The molecule has 0 unspecified atom stereocenters. The van der Waals surface area contributed by atoms with Gasteiger partial charge in [0.15, 0.2) is 0 Å². The minimum atomic E-state index is -0.633. The number of nitrogens with one attached hydrogen (secondary N) is 1. The number of fused-ring (bicyclic) bond motifs is 1. The molecule has 41 heavy (non-hydrogen) atoms. The van der Waals surface area contributed by atoms with Crippen LogP contribution in [0.4, 0.5) is 10.5 Å². The molecule has 0 aromatic heterocycles. The molecule has 8 nitrogen and oxygen atoms in total.